The van der Waals surface area contributed by atoms with Gasteiger partial charge in [0.1, 0.15) is 11.5 Å². The largest absolute Gasteiger partial charge is 0.466 e. The van der Waals surface area contributed by atoms with Gasteiger partial charge in [-0.1, -0.05) is 6.08 Å². The van der Waals surface area contributed by atoms with E-state index in [0.717, 1.165) is 6.42 Å². The van der Waals surface area contributed by atoms with Crippen LogP contribution in [0.2, 0.25) is 0 Å². The van der Waals surface area contributed by atoms with Gasteiger partial charge in [-0.2, -0.15) is 0 Å². The van der Waals surface area contributed by atoms with Gasteiger partial charge < -0.3 is 19.1 Å². The van der Waals surface area contributed by atoms with Crippen molar-refractivity contribution in [2.45, 2.75) is 31.3 Å². The number of hydrogen-bond donors (Lipinski definition) is 0. The Bertz CT molecular complexity index is 504. The normalized spacial score (nSPS) is 44.6. The topological polar surface area (TPSA) is 65.1 Å². The molecular weight excluding hydrogens is 262 g/mol. The van der Waals surface area contributed by atoms with Crippen LogP contribution in [0.5, 0.6) is 0 Å². The van der Waals surface area contributed by atoms with Crippen molar-refractivity contribution in [3.05, 3.63) is 12.2 Å². The Kier molecular flexibility index (Phi) is 2.50. The second-order valence-corrected chi connectivity index (χ2v) is 5.66. The van der Waals surface area contributed by atoms with E-state index in [1.165, 1.54) is 0 Å². The predicted molar refractivity (Wildman–Crippen MR) is 66.4 cm³/mol. The minimum absolute atomic E-state index is 0.0420. The van der Waals surface area contributed by atoms with Crippen LogP contribution in [0.25, 0.3) is 0 Å². The van der Waals surface area contributed by atoms with E-state index in [4.69, 9.17) is 14.2 Å². The van der Waals surface area contributed by atoms with E-state index in [9.17, 15) is 9.59 Å². The van der Waals surface area contributed by atoms with Gasteiger partial charge in [-0.05, 0) is 19.4 Å². The van der Waals surface area contributed by atoms with Crippen LogP contribution in [-0.4, -0.2) is 54.5 Å². The van der Waals surface area contributed by atoms with E-state index in [-0.39, 0.29) is 18.0 Å². The second kappa shape index (κ2) is 4.05. The molecule has 20 heavy (non-hydrogen) atoms. The molecule has 4 heterocycles. The van der Waals surface area contributed by atoms with Crippen LogP contribution in [0.3, 0.4) is 0 Å². The van der Waals surface area contributed by atoms with Gasteiger partial charge in [0, 0.05) is 6.54 Å². The summed E-state index contributed by atoms with van der Waals surface area (Å²) in [7, 11) is 0. The lowest BCUT2D eigenvalue weighted by Crippen LogP contribution is -2.49. The van der Waals surface area contributed by atoms with Crippen LogP contribution in [0, 0.1) is 11.8 Å². The highest BCUT2D eigenvalue weighted by Crippen LogP contribution is 2.55. The van der Waals surface area contributed by atoms with E-state index < -0.39 is 23.7 Å². The van der Waals surface area contributed by atoms with Crippen LogP contribution >= 0.6 is 0 Å². The summed E-state index contributed by atoms with van der Waals surface area (Å²) in [5.41, 5.74) is -0.792. The third kappa shape index (κ3) is 1.31. The van der Waals surface area contributed by atoms with Crippen LogP contribution in [0.1, 0.15) is 13.3 Å². The molecule has 0 N–H and O–H groups in total. The molecule has 108 valence electrons. The molecule has 0 aromatic heterocycles. The Balaban J connectivity index is 1.73. The summed E-state index contributed by atoms with van der Waals surface area (Å²) in [5, 5.41) is 0. The molecule has 1 spiro atoms. The fourth-order valence-electron chi connectivity index (χ4n) is 3.96. The zero-order valence-corrected chi connectivity index (χ0v) is 11.3. The molecule has 3 fully saturated rings. The van der Waals surface area contributed by atoms with Gasteiger partial charge in [0.05, 0.1) is 25.2 Å². The zero-order chi connectivity index (χ0) is 13.9. The molecule has 2 bridgehead atoms. The Morgan fingerprint density at radius 3 is 3.25 bits per heavy atom. The quantitative estimate of drug-likeness (QED) is 0.529. The van der Waals surface area contributed by atoms with E-state index >= 15 is 0 Å². The molecule has 4 aliphatic heterocycles. The van der Waals surface area contributed by atoms with Crippen LogP contribution in [0.4, 0.5) is 0 Å². The third-order valence-electron chi connectivity index (χ3n) is 4.68. The molecule has 0 saturated carbocycles. The van der Waals surface area contributed by atoms with Crippen molar-refractivity contribution in [1.29, 1.82) is 0 Å². The van der Waals surface area contributed by atoms with Crippen LogP contribution < -0.4 is 0 Å². The Morgan fingerprint density at radius 2 is 2.45 bits per heavy atom. The lowest BCUT2D eigenvalue weighted by molar-refractivity contribution is -0.168. The summed E-state index contributed by atoms with van der Waals surface area (Å²) in [4.78, 5) is 26.5. The lowest BCUT2D eigenvalue weighted by atomic mass is 9.76. The smallest absolute Gasteiger partial charge is 0.312 e. The number of hydrogen-bond acceptors (Lipinski definition) is 5. The van der Waals surface area contributed by atoms with Gasteiger partial charge in [0.2, 0.25) is 5.91 Å². The lowest BCUT2D eigenvalue weighted by Gasteiger charge is -2.36. The number of fused-ring (bicyclic) bond motifs is 2. The van der Waals surface area contributed by atoms with Gasteiger partial charge in [0.15, 0.2) is 6.23 Å². The Morgan fingerprint density at radius 1 is 1.60 bits per heavy atom. The standard InChI is InChI=1S/C14H17NO5/c1-2-18-12(17)9-8-4-5-14(20-8)10(9)11(16)15-6-3-7-19-13(14)15/h4-5,8-10,13H,2-3,6-7H2,1H3/t8-,9-,10-,13-,14+/m1/s1. The van der Waals surface area contributed by atoms with Crippen molar-refractivity contribution in [3.8, 4) is 0 Å². The highest BCUT2D eigenvalue weighted by Gasteiger charge is 2.72. The van der Waals surface area contributed by atoms with Crippen molar-refractivity contribution >= 4 is 11.9 Å². The number of rotatable bonds is 2. The predicted octanol–water partition coefficient (Wildman–Crippen LogP) is 0.0779. The average Bonchev–Trinajstić information content (AvgIpc) is 3.09. The molecule has 0 radical (unpaired) electrons. The average molecular weight is 279 g/mol. The maximum absolute atomic E-state index is 12.6. The van der Waals surface area contributed by atoms with Crippen molar-refractivity contribution in [2.75, 3.05) is 19.8 Å². The summed E-state index contributed by atoms with van der Waals surface area (Å²) >= 11 is 0. The monoisotopic (exact) mass is 279 g/mol. The Hall–Kier alpha value is -1.40. The summed E-state index contributed by atoms with van der Waals surface area (Å²) in [6, 6.07) is 0. The molecule has 0 aromatic carbocycles. The van der Waals surface area contributed by atoms with E-state index in [0.29, 0.717) is 19.8 Å². The zero-order valence-electron chi connectivity index (χ0n) is 11.3. The highest BCUT2D eigenvalue weighted by atomic mass is 16.6. The molecule has 4 rings (SSSR count). The molecule has 1 amide bonds. The van der Waals surface area contributed by atoms with Crippen LogP contribution in [0.15, 0.2) is 12.2 Å². The minimum Gasteiger partial charge on any atom is -0.466 e. The van der Waals surface area contributed by atoms with Crippen molar-refractivity contribution in [3.63, 3.8) is 0 Å². The molecule has 4 aliphatic rings. The summed E-state index contributed by atoms with van der Waals surface area (Å²) < 4.78 is 16.9. The molecule has 5 atom stereocenters. The minimum atomic E-state index is -0.792. The molecule has 6 heteroatoms. The van der Waals surface area contributed by atoms with Crippen molar-refractivity contribution in [1.82, 2.24) is 4.90 Å². The van der Waals surface area contributed by atoms with E-state index in [2.05, 4.69) is 0 Å². The number of nitrogens with zero attached hydrogens (tertiary/aromatic N) is 1. The van der Waals surface area contributed by atoms with Crippen molar-refractivity contribution in [2.24, 2.45) is 11.8 Å². The summed E-state index contributed by atoms with van der Waals surface area (Å²) in [6.45, 7) is 3.36. The maximum atomic E-state index is 12.6. The SMILES string of the molecule is CCOC(=O)[C@@H]1[C@H]2C=C[C@]3(O2)[C@H]1C(=O)N1CCCO[C@@H]13. The van der Waals surface area contributed by atoms with E-state index in [1.54, 1.807) is 11.8 Å². The first-order valence-electron chi connectivity index (χ1n) is 7.15. The number of amides is 1. The number of ether oxygens (including phenoxy) is 3. The molecule has 0 aliphatic carbocycles. The first-order chi connectivity index (χ1) is 9.69. The number of carbonyl (C=O) groups is 2. The Labute approximate surface area is 116 Å². The highest BCUT2D eigenvalue weighted by molar-refractivity contribution is 5.91. The van der Waals surface area contributed by atoms with Crippen molar-refractivity contribution < 1.29 is 23.8 Å². The number of esters is 1. The molecule has 0 unspecified atom stereocenters. The second-order valence-electron chi connectivity index (χ2n) is 5.66. The van der Waals surface area contributed by atoms with Gasteiger partial charge in [-0.3, -0.25) is 9.59 Å². The first kappa shape index (κ1) is 12.3. The fraction of sp³-hybridized carbons (Fsp3) is 0.714. The fourth-order valence-corrected chi connectivity index (χ4v) is 3.96. The maximum Gasteiger partial charge on any atom is 0.312 e. The van der Waals surface area contributed by atoms with Gasteiger partial charge in [-0.15, -0.1) is 0 Å². The first-order valence-corrected chi connectivity index (χ1v) is 7.15. The van der Waals surface area contributed by atoms with E-state index in [1.807, 2.05) is 12.2 Å². The van der Waals surface area contributed by atoms with Gasteiger partial charge in [0.25, 0.3) is 0 Å². The summed E-state index contributed by atoms with van der Waals surface area (Å²) in [6.07, 6.45) is 3.84. The van der Waals surface area contributed by atoms with Crippen LogP contribution in [-0.2, 0) is 23.8 Å². The molecule has 6 nitrogen and oxygen atoms in total. The molecular formula is C14H17NO5. The van der Waals surface area contributed by atoms with Gasteiger partial charge >= 0.3 is 5.97 Å². The summed E-state index contributed by atoms with van der Waals surface area (Å²) in [5.74, 6) is -1.43. The molecule has 3 saturated heterocycles. The number of carbonyl (C=O) groups excluding carboxylic acids is 2. The van der Waals surface area contributed by atoms with Gasteiger partial charge in [-0.25, -0.2) is 0 Å². The molecule has 0 aromatic rings. The third-order valence-corrected chi connectivity index (χ3v) is 4.68.